The summed E-state index contributed by atoms with van der Waals surface area (Å²) in [5.41, 5.74) is 1.48. The van der Waals surface area contributed by atoms with Crippen LogP contribution in [0.4, 0.5) is 0 Å². The number of benzene rings is 1. The summed E-state index contributed by atoms with van der Waals surface area (Å²) in [6, 6.07) is 9.03. The van der Waals surface area contributed by atoms with Crippen molar-refractivity contribution < 1.29 is 4.79 Å². The van der Waals surface area contributed by atoms with Gasteiger partial charge in [-0.2, -0.15) is 5.26 Å². The Labute approximate surface area is 110 Å². The highest BCUT2D eigenvalue weighted by atomic mass is 16.1. The van der Waals surface area contributed by atoms with E-state index < -0.39 is 0 Å². The van der Waals surface area contributed by atoms with Crippen LogP contribution in [0.3, 0.4) is 0 Å². The van der Waals surface area contributed by atoms with E-state index in [4.69, 9.17) is 5.26 Å². The summed E-state index contributed by atoms with van der Waals surface area (Å²) < 4.78 is 1.65. The lowest BCUT2D eigenvalue weighted by molar-refractivity contribution is -0.120. The Balaban J connectivity index is 1.76. The van der Waals surface area contributed by atoms with Gasteiger partial charge in [0.2, 0.25) is 5.91 Å². The van der Waals surface area contributed by atoms with Gasteiger partial charge in [0.25, 0.3) is 0 Å². The maximum atomic E-state index is 11.7. The van der Waals surface area contributed by atoms with Crippen LogP contribution in [-0.4, -0.2) is 27.4 Å². The molecule has 6 nitrogen and oxygen atoms in total. The van der Waals surface area contributed by atoms with Gasteiger partial charge in [0, 0.05) is 12.7 Å². The van der Waals surface area contributed by atoms with Crippen LogP contribution >= 0.6 is 0 Å². The molecule has 0 fully saturated rings. The molecule has 0 atom stereocenters. The third-order valence-corrected chi connectivity index (χ3v) is 2.58. The number of nitriles is 1. The summed E-state index contributed by atoms with van der Waals surface area (Å²) in [4.78, 5) is 11.7. The second-order valence-corrected chi connectivity index (χ2v) is 4.00. The summed E-state index contributed by atoms with van der Waals surface area (Å²) >= 11 is 0. The molecule has 0 aliphatic rings. The van der Waals surface area contributed by atoms with Crippen LogP contribution in [0.25, 0.3) is 0 Å². The predicted octanol–water partition coefficient (Wildman–Crippen LogP) is 0.509. The van der Waals surface area contributed by atoms with Crippen molar-refractivity contribution in [1.29, 1.82) is 5.26 Å². The Morgan fingerprint density at radius 1 is 1.37 bits per heavy atom. The van der Waals surface area contributed by atoms with Gasteiger partial charge in [0.1, 0.15) is 0 Å². The number of carbonyl (C=O) groups is 1. The van der Waals surface area contributed by atoms with Gasteiger partial charge < -0.3 is 5.32 Å². The van der Waals surface area contributed by atoms with Crippen molar-refractivity contribution in [2.24, 2.45) is 0 Å². The molecule has 1 aromatic heterocycles. The van der Waals surface area contributed by atoms with Crippen LogP contribution in [0.1, 0.15) is 11.1 Å². The minimum Gasteiger partial charge on any atom is -0.354 e. The first kappa shape index (κ1) is 12.8. The normalized spacial score (nSPS) is 9.84. The maximum Gasteiger partial charge on any atom is 0.224 e. The molecule has 0 saturated carbocycles. The lowest BCUT2D eigenvalue weighted by Gasteiger charge is -2.05. The molecule has 19 heavy (non-hydrogen) atoms. The number of carbonyl (C=O) groups excluding carboxylic acids is 1. The number of hydrogen-bond acceptors (Lipinski definition) is 4. The van der Waals surface area contributed by atoms with E-state index in [-0.39, 0.29) is 5.91 Å². The van der Waals surface area contributed by atoms with Crippen LogP contribution in [0, 0.1) is 11.3 Å². The van der Waals surface area contributed by atoms with Gasteiger partial charge in [-0.1, -0.05) is 17.3 Å². The third-order valence-electron chi connectivity index (χ3n) is 2.58. The van der Waals surface area contributed by atoms with Crippen LogP contribution in [0.2, 0.25) is 0 Å². The van der Waals surface area contributed by atoms with Gasteiger partial charge in [0.05, 0.1) is 30.8 Å². The van der Waals surface area contributed by atoms with Crippen molar-refractivity contribution in [3.05, 3.63) is 47.8 Å². The smallest absolute Gasteiger partial charge is 0.224 e. The molecule has 0 unspecified atom stereocenters. The van der Waals surface area contributed by atoms with Crippen molar-refractivity contribution in [2.45, 2.75) is 13.0 Å². The van der Waals surface area contributed by atoms with Crippen molar-refractivity contribution in [2.75, 3.05) is 6.54 Å². The zero-order valence-electron chi connectivity index (χ0n) is 10.3. The predicted molar refractivity (Wildman–Crippen MR) is 67.9 cm³/mol. The lowest BCUT2D eigenvalue weighted by Crippen LogP contribution is -2.28. The molecule has 0 aliphatic carbocycles. The first-order chi connectivity index (χ1) is 9.28. The third kappa shape index (κ3) is 3.92. The largest absolute Gasteiger partial charge is 0.354 e. The maximum absolute atomic E-state index is 11.7. The molecule has 0 spiro atoms. The summed E-state index contributed by atoms with van der Waals surface area (Å²) in [6.07, 6.45) is 3.65. The molecule has 2 rings (SSSR count). The molecule has 96 valence electrons. The van der Waals surface area contributed by atoms with Crippen molar-refractivity contribution >= 4 is 5.91 Å². The first-order valence-corrected chi connectivity index (χ1v) is 5.88. The molecule has 1 heterocycles. The molecule has 0 saturated heterocycles. The number of hydrogen-bond donors (Lipinski definition) is 1. The van der Waals surface area contributed by atoms with E-state index in [9.17, 15) is 4.79 Å². The van der Waals surface area contributed by atoms with Gasteiger partial charge in [-0.25, -0.2) is 0 Å². The lowest BCUT2D eigenvalue weighted by atomic mass is 10.1. The summed E-state index contributed by atoms with van der Waals surface area (Å²) in [7, 11) is 0. The average molecular weight is 255 g/mol. The number of nitrogens with one attached hydrogen (secondary N) is 1. The second kappa shape index (κ2) is 6.31. The molecular weight excluding hydrogens is 242 g/mol. The minimum absolute atomic E-state index is 0.0511. The van der Waals surface area contributed by atoms with Crippen molar-refractivity contribution in [3.63, 3.8) is 0 Å². The van der Waals surface area contributed by atoms with E-state index in [2.05, 4.69) is 15.6 Å². The van der Waals surface area contributed by atoms with Gasteiger partial charge >= 0.3 is 0 Å². The second-order valence-electron chi connectivity index (χ2n) is 4.00. The first-order valence-electron chi connectivity index (χ1n) is 5.88. The molecule has 0 radical (unpaired) electrons. The Bertz CT molecular complexity index is 568. The average Bonchev–Trinajstić information content (AvgIpc) is 2.93. The summed E-state index contributed by atoms with van der Waals surface area (Å²) in [6.45, 7) is 1.11. The van der Waals surface area contributed by atoms with Gasteiger partial charge in [-0.15, -0.1) is 5.10 Å². The summed E-state index contributed by atoms with van der Waals surface area (Å²) in [5.74, 6) is -0.0511. The van der Waals surface area contributed by atoms with Crippen LogP contribution in [-0.2, 0) is 17.8 Å². The number of nitrogens with zero attached hydrogens (tertiary/aromatic N) is 4. The zero-order chi connectivity index (χ0) is 13.5. The van der Waals surface area contributed by atoms with Gasteiger partial charge in [-0.3, -0.25) is 9.48 Å². The van der Waals surface area contributed by atoms with Crippen LogP contribution < -0.4 is 5.32 Å². The molecule has 0 aliphatic heterocycles. The molecule has 1 aromatic carbocycles. The monoisotopic (exact) mass is 255 g/mol. The highest BCUT2D eigenvalue weighted by molar-refractivity contribution is 5.78. The van der Waals surface area contributed by atoms with Crippen LogP contribution in [0.15, 0.2) is 36.7 Å². The Hall–Kier alpha value is -2.68. The fourth-order valence-electron chi connectivity index (χ4n) is 1.61. The Morgan fingerprint density at radius 3 is 2.79 bits per heavy atom. The highest BCUT2D eigenvalue weighted by Gasteiger charge is 2.03. The molecule has 2 aromatic rings. The number of aromatic nitrogens is 3. The van der Waals surface area contributed by atoms with E-state index in [1.165, 1.54) is 0 Å². The van der Waals surface area contributed by atoms with Gasteiger partial charge in [0.15, 0.2) is 0 Å². The number of amides is 1. The summed E-state index contributed by atoms with van der Waals surface area (Å²) in [5, 5.41) is 19.0. The molecule has 1 N–H and O–H groups in total. The van der Waals surface area contributed by atoms with Gasteiger partial charge in [-0.05, 0) is 17.7 Å². The highest BCUT2D eigenvalue weighted by Crippen LogP contribution is 2.03. The van der Waals surface area contributed by atoms with E-state index in [1.54, 1.807) is 41.3 Å². The van der Waals surface area contributed by atoms with E-state index >= 15 is 0 Å². The van der Waals surface area contributed by atoms with E-state index in [0.717, 1.165) is 5.56 Å². The van der Waals surface area contributed by atoms with E-state index in [1.807, 2.05) is 6.07 Å². The standard InChI is InChI=1S/C13H13N5O/c14-10-12-3-1-11(2-4-12)9-13(19)15-5-7-18-8-6-16-17-18/h1-4,6,8H,5,7,9H2,(H,15,19). The number of rotatable bonds is 5. The molecule has 0 bridgehead atoms. The Kier molecular flexibility index (Phi) is 4.24. The molecular formula is C13H13N5O. The Morgan fingerprint density at radius 2 is 2.16 bits per heavy atom. The topological polar surface area (TPSA) is 83.6 Å². The minimum atomic E-state index is -0.0511. The van der Waals surface area contributed by atoms with Crippen molar-refractivity contribution in [1.82, 2.24) is 20.3 Å². The van der Waals surface area contributed by atoms with Crippen LogP contribution in [0.5, 0.6) is 0 Å². The van der Waals surface area contributed by atoms with Crippen molar-refractivity contribution in [3.8, 4) is 6.07 Å². The fourth-order valence-corrected chi connectivity index (χ4v) is 1.61. The zero-order valence-corrected chi connectivity index (χ0v) is 10.3. The SMILES string of the molecule is N#Cc1ccc(CC(=O)NCCn2ccnn2)cc1. The molecule has 6 heteroatoms. The van der Waals surface area contributed by atoms with E-state index in [0.29, 0.717) is 25.1 Å². The fraction of sp³-hybridized carbons (Fsp3) is 0.231. The molecule has 1 amide bonds. The quantitative estimate of drug-likeness (QED) is 0.843.